The summed E-state index contributed by atoms with van der Waals surface area (Å²) in [7, 11) is 1.69. The van der Waals surface area contributed by atoms with Gasteiger partial charge in [0.2, 0.25) is 5.88 Å². The summed E-state index contributed by atoms with van der Waals surface area (Å²) in [6.45, 7) is 3.65. The largest absolute Gasteiger partial charge is 0.466 e. The fourth-order valence-corrected chi connectivity index (χ4v) is 2.72. The average Bonchev–Trinajstić information content (AvgIpc) is 2.55. The molecule has 22 heavy (non-hydrogen) atoms. The first-order valence-electron chi connectivity index (χ1n) is 7.60. The predicted molar refractivity (Wildman–Crippen MR) is 81.2 cm³/mol. The summed E-state index contributed by atoms with van der Waals surface area (Å²) in [6, 6.07) is 4.09. The minimum absolute atomic E-state index is 0.128. The number of amides is 1. The van der Waals surface area contributed by atoms with E-state index in [0.717, 1.165) is 43.4 Å². The quantitative estimate of drug-likeness (QED) is 0.851. The molecule has 0 bridgehead atoms. The van der Waals surface area contributed by atoms with Crippen molar-refractivity contribution in [2.75, 3.05) is 13.7 Å². The molecule has 1 aliphatic rings. The van der Waals surface area contributed by atoms with Gasteiger partial charge in [0.05, 0.1) is 11.8 Å². The van der Waals surface area contributed by atoms with Crippen molar-refractivity contribution in [2.45, 2.75) is 51.5 Å². The van der Waals surface area contributed by atoms with Crippen LogP contribution in [0.3, 0.4) is 0 Å². The smallest absolute Gasteiger partial charge is 0.261 e. The number of carbonyl (C=O) groups is 1. The maximum Gasteiger partial charge on any atom is 0.261 e. The Morgan fingerprint density at radius 1 is 1.36 bits per heavy atom. The Morgan fingerprint density at radius 2 is 2.05 bits per heavy atom. The molecule has 1 saturated carbocycles. The number of rotatable bonds is 4. The van der Waals surface area contributed by atoms with Crippen LogP contribution in [0.5, 0.6) is 5.88 Å². The lowest BCUT2D eigenvalue weighted by molar-refractivity contribution is -0.137. The molecule has 2 rings (SSSR count). The second kappa shape index (κ2) is 6.73. The van der Waals surface area contributed by atoms with Crippen LogP contribution in [-0.2, 0) is 4.79 Å². The highest BCUT2D eigenvalue weighted by Gasteiger charge is 2.38. The molecule has 0 aliphatic heterocycles. The third-order valence-corrected chi connectivity index (χ3v) is 4.46. The Morgan fingerprint density at radius 3 is 2.64 bits per heavy atom. The Labute approximate surface area is 131 Å². The summed E-state index contributed by atoms with van der Waals surface area (Å²) in [4.78, 5) is 13.9. The number of likely N-dealkylation sites (N-methyl/N-ethyl adjacent to an activating group) is 1. The molecule has 0 N–H and O–H groups in total. The summed E-state index contributed by atoms with van der Waals surface area (Å²) in [5, 5.41) is 17.4. The molecule has 118 valence electrons. The van der Waals surface area contributed by atoms with E-state index < -0.39 is 5.54 Å². The number of aromatic nitrogens is 2. The van der Waals surface area contributed by atoms with Gasteiger partial charge in [-0.05, 0) is 32.3 Å². The standard InChI is InChI=1S/C16H22N4O2/c1-12-9-14(19-18-13(12)2)22-10-15(21)20(3)16(11-17)7-5-4-6-8-16/h9H,4-8,10H2,1-3H3. The maximum absolute atomic E-state index is 12.3. The van der Waals surface area contributed by atoms with Crippen LogP contribution in [-0.4, -0.2) is 40.2 Å². The van der Waals surface area contributed by atoms with E-state index in [1.165, 1.54) is 0 Å². The second-order valence-corrected chi connectivity index (χ2v) is 5.90. The van der Waals surface area contributed by atoms with E-state index in [9.17, 15) is 10.1 Å². The molecular weight excluding hydrogens is 280 g/mol. The lowest BCUT2D eigenvalue weighted by Gasteiger charge is -2.38. The first kappa shape index (κ1) is 16.2. The zero-order chi connectivity index (χ0) is 16.2. The Hall–Kier alpha value is -2.16. The number of carbonyl (C=O) groups excluding carboxylic acids is 1. The monoisotopic (exact) mass is 302 g/mol. The van der Waals surface area contributed by atoms with Crippen molar-refractivity contribution in [3.05, 3.63) is 17.3 Å². The fourth-order valence-electron chi connectivity index (χ4n) is 2.72. The van der Waals surface area contributed by atoms with E-state index in [1.807, 2.05) is 13.8 Å². The molecule has 0 radical (unpaired) electrons. The third kappa shape index (κ3) is 3.35. The van der Waals surface area contributed by atoms with E-state index in [-0.39, 0.29) is 12.5 Å². The number of hydrogen-bond donors (Lipinski definition) is 0. The van der Waals surface area contributed by atoms with E-state index in [0.29, 0.717) is 5.88 Å². The average molecular weight is 302 g/mol. The van der Waals surface area contributed by atoms with Crippen molar-refractivity contribution in [1.29, 1.82) is 5.26 Å². The van der Waals surface area contributed by atoms with Crippen molar-refractivity contribution in [1.82, 2.24) is 15.1 Å². The number of nitrogens with zero attached hydrogens (tertiary/aromatic N) is 4. The number of hydrogen-bond acceptors (Lipinski definition) is 5. The first-order valence-corrected chi connectivity index (χ1v) is 7.60. The van der Waals surface area contributed by atoms with Gasteiger partial charge in [0, 0.05) is 13.1 Å². The van der Waals surface area contributed by atoms with Crippen molar-refractivity contribution in [3.63, 3.8) is 0 Å². The summed E-state index contributed by atoms with van der Waals surface area (Å²) in [5.74, 6) is 0.128. The molecule has 0 spiro atoms. The summed E-state index contributed by atoms with van der Waals surface area (Å²) >= 11 is 0. The molecule has 0 unspecified atom stereocenters. The van der Waals surface area contributed by atoms with Gasteiger partial charge in [-0.25, -0.2) is 0 Å². The molecular formula is C16H22N4O2. The van der Waals surface area contributed by atoms with Crippen molar-refractivity contribution < 1.29 is 9.53 Å². The van der Waals surface area contributed by atoms with Crippen LogP contribution >= 0.6 is 0 Å². The Kier molecular flexibility index (Phi) is 4.96. The summed E-state index contributed by atoms with van der Waals surface area (Å²) < 4.78 is 5.43. The molecule has 0 aromatic carbocycles. The van der Waals surface area contributed by atoms with Gasteiger partial charge in [-0.3, -0.25) is 4.79 Å². The molecule has 6 heteroatoms. The highest BCUT2D eigenvalue weighted by molar-refractivity contribution is 5.78. The highest BCUT2D eigenvalue weighted by atomic mass is 16.5. The minimum Gasteiger partial charge on any atom is -0.466 e. The van der Waals surface area contributed by atoms with Gasteiger partial charge in [-0.2, -0.15) is 10.4 Å². The summed E-state index contributed by atoms with van der Waals surface area (Å²) in [5.41, 5.74) is 1.11. The van der Waals surface area contributed by atoms with E-state index >= 15 is 0 Å². The van der Waals surface area contributed by atoms with Crippen LogP contribution < -0.4 is 4.74 Å². The molecule has 0 atom stereocenters. The fraction of sp³-hybridized carbons (Fsp3) is 0.625. The van der Waals surface area contributed by atoms with E-state index in [2.05, 4.69) is 16.3 Å². The molecule has 0 saturated heterocycles. The van der Waals surface area contributed by atoms with Gasteiger partial charge >= 0.3 is 0 Å². The van der Waals surface area contributed by atoms with E-state index in [1.54, 1.807) is 18.0 Å². The van der Waals surface area contributed by atoms with Crippen molar-refractivity contribution in [2.24, 2.45) is 0 Å². The molecule has 1 aromatic rings. The van der Waals surface area contributed by atoms with E-state index in [4.69, 9.17) is 4.74 Å². The van der Waals surface area contributed by atoms with Crippen LogP contribution in [0, 0.1) is 25.2 Å². The molecule has 6 nitrogen and oxygen atoms in total. The zero-order valence-electron chi connectivity index (χ0n) is 13.4. The van der Waals surface area contributed by atoms with Gasteiger partial charge in [0.1, 0.15) is 5.54 Å². The van der Waals surface area contributed by atoms with Gasteiger partial charge < -0.3 is 9.64 Å². The van der Waals surface area contributed by atoms with Crippen LogP contribution in [0.4, 0.5) is 0 Å². The van der Waals surface area contributed by atoms with Gasteiger partial charge in [-0.15, -0.1) is 5.10 Å². The minimum atomic E-state index is -0.687. The Balaban J connectivity index is 1.99. The maximum atomic E-state index is 12.3. The van der Waals surface area contributed by atoms with Crippen LogP contribution in [0.15, 0.2) is 6.07 Å². The number of nitriles is 1. The second-order valence-electron chi connectivity index (χ2n) is 5.90. The lowest BCUT2D eigenvalue weighted by atomic mass is 9.81. The lowest BCUT2D eigenvalue weighted by Crippen LogP contribution is -2.51. The van der Waals surface area contributed by atoms with Crippen molar-refractivity contribution in [3.8, 4) is 11.9 Å². The summed E-state index contributed by atoms with van der Waals surface area (Å²) in [6.07, 6.45) is 4.55. The predicted octanol–water partition coefficient (Wildman–Crippen LogP) is 2.16. The normalized spacial score (nSPS) is 16.6. The topological polar surface area (TPSA) is 79.1 Å². The third-order valence-electron chi connectivity index (χ3n) is 4.46. The van der Waals surface area contributed by atoms with Crippen LogP contribution in [0.25, 0.3) is 0 Å². The van der Waals surface area contributed by atoms with Crippen LogP contribution in [0.2, 0.25) is 0 Å². The van der Waals surface area contributed by atoms with Gasteiger partial charge in [-0.1, -0.05) is 19.3 Å². The number of ether oxygens (including phenoxy) is 1. The van der Waals surface area contributed by atoms with Gasteiger partial charge in [0.25, 0.3) is 5.91 Å². The zero-order valence-corrected chi connectivity index (χ0v) is 13.4. The van der Waals surface area contributed by atoms with Crippen LogP contribution in [0.1, 0.15) is 43.4 Å². The first-order chi connectivity index (χ1) is 10.5. The highest BCUT2D eigenvalue weighted by Crippen LogP contribution is 2.32. The molecule has 1 aromatic heterocycles. The molecule has 1 fully saturated rings. The van der Waals surface area contributed by atoms with Crippen molar-refractivity contribution >= 4 is 5.91 Å². The molecule has 1 aliphatic carbocycles. The molecule has 1 heterocycles. The number of aryl methyl sites for hydroxylation is 2. The van der Waals surface area contributed by atoms with Gasteiger partial charge in [0.15, 0.2) is 6.61 Å². The molecule has 1 amide bonds. The SMILES string of the molecule is Cc1cc(OCC(=O)N(C)C2(C#N)CCCCC2)nnc1C. The Bertz CT molecular complexity index is 588.